The molecule has 3 N–H and O–H groups in total. The molecule has 0 aliphatic rings. The molecule has 0 saturated heterocycles. The third kappa shape index (κ3) is 4.53. The normalized spacial score (nSPS) is 10.4. The number of amidine groups is 1. The highest BCUT2D eigenvalue weighted by atomic mass is 79.9. The van der Waals surface area contributed by atoms with E-state index in [1.165, 1.54) is 0 Å². The van der Waals surface area contributed by atoms with Crippen molar-refractivity contribution in [3.63, 3.8) is 0 Å². The Labute approximate surface area is 183 Å². The van der Waals surface area contributed by atoms with E-state index in [0.717, 1.165) is 32.9 Å². The van der Waals surface area contributed by atoms with E-state index in [4.69, 9.17) is 0 Å². The molecule has 0 radical (unpaired) electrons. The Morgan fingerprint density at radius 3 is 1.63 bits per heavy atom. The standard InChI is InChI=1S/C25H19BrN2O2/c26-19-6-8-20(9-7-19)27-25(18-4-2-1-3-5-18)28(21-10-14-23(29)15-11-21)22-12-16-24(30)17-13-22/h1-17,29-30H/p+1. The van der Waals surface area contributed by atoms with Crippen LogP contribution in [0.15, 0.2) is 108 Å². The molecule has 4 aromatic rings. The monoisotopic (exact) mass is 459 g/mol. The van der Waals surface area contributed by atoms with Crippen molar-refractivity contribution in [2.45, 2.75) is 0 Å². The zero-order chi connectivity index (χ0) is 20.9. The Bertz CT molecular complexity index is 1110. The van der Waals surface area contributed by atoms with E-state index < -0.39 is 0 Å². The zero-order valence-electron chi connectivity index (χ0n) is 16.0. The molecule has 0 aliphatic heterocycles. The maximum Gasteiger partial charge on any atom is 0.292 e. The summed E-state index contributed by atoms with van der Waals surface area (Å²) in [6.07, 6.45) is 0. The predicted octanol–water partition coefficient (Wildman–Crippen LogP) is 6.25. The SMILES string of the molecule is Oc1ccc([N+](=C(Nc2ccc(Br)cc2)c2ccccc2)c2ccc(O)cc2)cc1. The molecular weight excluding hydrogens is 440 g/mol. The average Bonchev–Trinajstić information content (AvgIpc) is 2.78. The Hall–Kier alpha value is -3.57. The summed E-state index contributed by atoms with van der Waals surface area (Å²) >= 11 is 3.48. The fraction of sp³-hybridized carbons (Fsp3) is 0. The van der Waals surface area contributed by atoms with E-state index in [1.807, 2.05) is 78.9 Å². The maximum absolute atomic E-state index is 9.78. The first kappa shape index (κ1) is 19.7. The van der Waals surface area contributed by atoms with Gasteiger partial charge < -0.3 is 10.2 Å². The minimum absolute atomic E-state index is 0.200. The third-order valence-corrected chi connectivity index (χ3v) is 5.12. The van der Waals surface area contributed by atoms with Gasteiger partial charge >= 0.3 is 0 Å². The molecule has 0 spiro atoms. The Morgan fingerprint density at radius 1 is 0.633 bits per heavy atom. The van der Waals surface area contributed by atoms with Crippen LogP contribution in [0, 0.1) is 0 Å². The lowest BCUT2D eigenvalue weighted by Crippen LogP contribution is -2.26. The summed E-state index contributed by atoms with van der Waals surface area (Å²) in [6.45, 7) is 0. The number of phenolic OH excluding ortho intramolecular Hbond substituents is 2. The summed E-state index contributed by atoms with van der Waals surface area (Å²) in [5, 5.41) is 23.1. The first-order valence-corrected chi connectivity index (χ1v) is 10.2. The van der Waals surface area contributed by atoms with Gasteiger partial charge in [-0.2, -0.15) is 4.58 Å². The molecule has 5 heteroatoms. The van der Waals surface area contributed by atoms with Crippen molar-refractivity contribution in [1.82, 2.24) is 4.58 Å². The van der Waals surface area contributed by atoms with E-state index in [1.54, 1.807) is 24.3 Å². The summed E-state index contributed by atoms with van der Waals surface area (Å²) in [4.78, 5) is 0. The zero-order valence-corrected chi connectivity index (χ0v) is 17.6. The van der Waals surface area contributed by atoms with Gasteiger partial charge in [0, 0.05) is 4.47 Å². The lowest BCUT2D eigenvalue weighted by atomic mass is 10.1. The number of nitrogens with zero attached hydrogens (tertiary/aromatic N) is 1. The quantitative estimate of drug-likeness (QED) is 0.192. The van der Waals surface area contributed by atoms with Gasteiger partial charge in [0.15, 0.2) is 0 Å². The molecule has 0 unspecified atom stereocenters. The summed E-state index contributed by atoms with van der Waals surface area (Å²) in [5.41, 5.74) is 3.64. The number of aromatic hydroxyl groups is 2. The molecule has 0 aliphatic carbocycles. The van der Waals surface area contributed by atoms with Gasteiger partial charge in [0.2, 0.25) is 0 Å². The van der Waals surface area contributed by atoms with Crippen LogP contribution in [0.1, 0.15) is 5.56 Å². The average molecular weight is 460 g/mol. The van der Waals surface area contributed by atoms with Crippen LogP contribution < -0.4 is 9.89 Å². The van der Waals surface area contributed by atoms with Crippen LogP contribution in [0.4, 0.5) is 17.1 Å². The van der Waals surface area contributed by atoms with Crippen LogP contribution in [0.25, 0.3) is 0 Å². The highest BCUT2D eigenvalue weighted by Crippen LogP contribution is 2.27. The highest BCUT2D eigenvalue weighted by Gasteiger charge is 2.21. The van der Waals surface area contributed by atoms with Crippen LogP contribution in [0.2, 0.25) is 0 Å². The maximum atomic E-state index is 9.78. The first-order valence-electron chi connectivity index (χ1n) is 9.43. The molecular formula is C25H20BrN2O2+. The van der Waals surface area contributed by atoms with Crippen LogP contribution in [-0.4, -0.2) is 16.0 Å². The number of phenols is 2. The molecule has 0 fully saturated rings. The van der Waals surface area contributed by atoms with E-state index in [9.17, 15) is 10.2 Å². The van der Waals surface area contributed by atoms with Gasteiger partial charge in [-0.05, 0) is 84.9 Å². The molecule has 4 rings (SSSR count). The van der Waals surface area contributed by atoms with Gasteiger partial charge in [-0.1, -0.05) is 34.1 Å². The van der Waals surface area contributed by atoms with Crippen LogP contribution in [0.3, 0.4) is 0 Å². The summed E-state index contributed by atoms with van der Waals surface area (Å²) < 4.78 is 3.05. The molecule has 4 nitrogen and oxygen atoms in total. The smallest absolute Gasteiger partial charge is 0.292 e. The number of rotatable bonds is 4. The molecule has 30 heavy (non-hydrogen) atoms. The number of nitrogens with one attached hydrogen (secondary N) is 1. The summed E-state index contributed by atoms with van der Waals surface area (Å²) in [6, 6.07) is 32.0. The van der Waals surface area contributed by atoms with Crippen molar-refractivity contribution >= 4 is 38.8 Å². The lowest BCUT2D eigenvalue weighted by Gasteiger charge is -2.14. The van der Waals surface area contributed by atoms with Crippen molar-refractivity contribution in [1.29, 1.82) is 0 Å². The predicted molar refractivity (Wildman–Crippen MR) is 126 cm³/mol. The lowest BCUT2D eigenvalue weighted by molar-refractivity contribution is 0.475. The second-order valence-electron chi connectivity index (χ2n) is 6.71. The van der Waals surface area contributed by atoms with Crippen molar-refractivity contribution in [2.75, 3.05) is 5.32 Å². The van der Waals surface area contributed by atoms with Crippen molar-refractivity contribution in [2.24, 2.45) is 0 Å². The number of benzene rings is 4. The third-order valence-electron chi connectivity index (χ3n) is 4.59. The van der Waals surface area contributed by atoms with Crippen LogP contribution in [0.5, 0.6) is 11.5 Å². The number of hydrogen-bond donors (Lipinski definition) is 3. The number of anilines is 1. The number of hydrogen-bond acceptors (Lipinski definition) is 2. The highest BCUT2D eigenvalue weighted by molar-refractivity contribution is 9.10. The molecule has 0 bridgehead atoms. The molecule has 0 heterocycles. The topological polar surface area (TPSA) is 55.5 Å². The van der Waals surface area contributed by atoms with Gasteiger partial charge in [0.05, 0.1) is 5.56 Å². The van der Waals surface area contributed by atoms with Gasteiger partial charge in [0.1, 0.15) is 28.6 Å². The Morgan fingerprint density at radius 2 is 1.13 bits per heavy atom. The molecule has 0 amide bonds. The van der Waals surface area contributed by atoms with Crippen LogP contribution in [-0.2, 0) is 0 Å². The fourth-order valence-electron chi connectivity index (χ4n) is 3.13. The second-order valence-corrected chi connectivity index (χ2v) is 7.63. The Balaban J connectivity index is 1.97. The fourth-order valence-corrected chi connectivity index (χ4v) is 3.40. The minimum atomic E-state index is 0.200. The molecule has 0 atom stereocenters. The summed E-state index contributed by atoms with van der Waals surface area (Å²) in [7, 11) is 0. The van der Waals surface area contributed by atoms with Crippen molar-refractivity contribution < 1.29 is 10.2 Å². The van der Waals surface area contributed by atoms with Gasteiger partial charge in [0.25, 0.3) is 5.84 Å². The molecule has 148 valence electrons. The first-order chi connectivity index (χ1) is 14.6. The number of halogens is 1. The van der Waals surface area contributed by atoms with Crippen molar-refractivity contribution in [3.05, 3.63) is 113 Å². The molecule has 0 saturated carbocycles. The van der Waals surface area contributed by atoms with E-state index >= 15 is 0 Å². The van der Waals surface area contributed by atoms with E-state index in [-0.39, 0.29) is 11.5 Å². The van der Waals surface area contributed by atoms with E-state index in [0.29, 0.717) is 0 Å². The molecule has 4 aromatic carbocycles. The van der Waals surface area contributed by atoms with Gasteiger partial charge in [-0.25, -0.2) is 5.32 Å². The van der Waals surface area contributed by atoms with Gasteiger partial charge in [-0.3, -0.25) is 0 Å². The summed E-state index contributed by atoms with van der Waals surface area (Å²) in [5.74, 6) is 1.24. The van der Waals surface area contributed by atoms with Crippen LogP contribution >= 0.6 is 15.9 Å². The molecule has 0 aromatic heterocycles. The second kappa shape index (κ2) is 8.84. The van der Waals surface area contributed by atoms with Crippen molar-refractivity contribution in [3.8, 4) is 11.5 Å². The minimum Gasteiger partial charge on any atom is -0.508 e. The van der Waals surface area contributed by atoms with E-state index in [2.05, 4.69) is 25.8 Å². The largest absolute Gasteiger partial charge is 0.508 e. The van der Waals surface area contributed by atoms with Gasteiger partial charge in [-0.15, -0.1) is 0 Å². The Kier molecular flexibility index (Phi) is 5.82.